The average Bonchev–Trinajstić information content (AvgIpc) is 2.84. The Morgan fingerprint density at radius 2 is 2.05 bits per heavy atom. The van der Waals surface area contributed by atoms with Gasteiger partial charge in [0, 0.05) is 25.4 Å². The van der Waals surface area contributed by atoms with Crippen molar-refractivity contribution in [3.05, 3.63) is 47.3 Å². The zero-order chi connectivity index (χ0) is 14.4. The molecule has 1 aromatic carbocycles. The quantitative estimate of drug-likeness (QED) is 0.787. The molecular formula is C16H23N3O. The molecule has 0 aliphatic rings. The molecule has 0 bridgehead atoms. The van der Waals surface area contributed by atoms with Gasteiger partial charge in [0.1, 0.15) is 5.75 Å². The van der Waals surface area contributed by atoms with Gasteiger partial charge in [-0.25, -0.2) is 0 Å². The van der Waals surface area contributed by atoms with E-state index in [4.69, 9.17) is 4.74 Å². The highest BCUT2D eigenvalue weighted by molar-refractivity contribution is 5.33. The van der Waals surface area contributed by atoms with Crippen LogP contribution in [0.5, 0.6) is 5.75 Å². The van der Waals surface area contributed by atoms with Crippen LogP contribution in [0.25, 0.3) is 0 Å². The second-order valence-corrected chi connectivity index (χ2v) is 4.87. The van der Waals surface area contributed by atoms with Crippen LogP contribution in [0.4, 0.5) is 0 Å². The Hall–Kier alpha value is -1.81. The molecule has 20 heavy (non-hydrogen) atoms. The minimum atomic E-state index is 0.867. The highest BCUT2D eigenvalue weighted by Crippen LogP contribution is 2.17. The number of benzene rings is 1. The number of nitrogens with one attached hydrogen (secondary N) is 1. The average molecular weight is 273 g/mol. The van der Waals surface area contributed by atoms with Crippen LogP contribution < -0.4 is 10.1 Å². The van der Waals surface area contributed by atoms with Gasteiger partial charge < -0.3 is 10.1 Å². The number of aryl methyl sites for hydroxylation is 2. The predicted molar refractivity (Wildman–Crippen MR) is 81.0 cm³/mol. The summed E-state index contributed by atoms with van der Waals surface area (Å²) in [6, 6.07) is 8.17. The fourth-order valence-corrected chi connectivity index (χ4v) is 2.38. The van der Waals surface area contributed by atoms with Crippen molar-refractivity contribution in [1.82, 2.24) is 15.1 Å². The lowest BCUT2D eigenvalue weighted by Crippen LogP contribution is -2.17. The summed E-state index contributed by atoms with van der Waals surface area (Å²) in [5.74, 6) is 0.963. The topological polar surface area (TPSA) is 39.1 Å². The molecule has 0 saturated carbocycles. The van der Waals surface area contributed by atoms with Gasteiger partial charge in [-0.2, -0.15) is 5.10 Å². The molecule has 4 heteroatoms. The van der Waals surface area contributed by atoms with Crippen molar-refractivity contribution in [2.75, 3.05) is 13.7 Å². The van der Waals surface area contributed by atoms with E-state index in [9.17, 15) is 0 Å². The third-order valence-electron chi connectivity index (χ3n) is 3.41. The summed E-state index contributed by atoms with van der Waals surface area (Å²) in [5.41, 5.74) is 3.71. The molecular weight excluding hydrogens is 250 g/mol. The van der Waals surface area contributed by atoms with E-state index in [1.165, 1.54) is 16.8 Å². The van der Waals surface area contributed by atoms with Crippen molar-refractivity contribution in [3.63, 3.8) is 0 Å². The summed E-state index contributed by atoms with van der Waals surface area (Å²) in [6.45, 7) is 3.94. The van der Waals surface area contributed by atoms with Gasteiger partial charge in [0.15, 0.2) is 0 Å². The maximum atomic E-state index is 5.36. The lowest BCUT2D eigenvalue weighted by Gasteiger charge is -2.08. The van der Waals surface area contributed by atoms with Gasteiger partial charge in [-0.1, -0.05) is 25.1 Å². The van der Waals surface area contributed by atoms with Crippen LogP contribution in [0, 0.1) is 0 Å². The molecule has 0 aliphatic carbocycles. The summed E-state index contributed by atoms with van der Waals surface area (Å²) >= 11 is 0. The highest BCUT2D eigenvalue weighted by Gasteiger charge is 2.05. The van der Waals surface area contributed by atoms with E-state index in [-0.39, 0.29) is 0 Å². The van der Waals surface area contributed by atoms with Crippen LogP contribution in [-0.2, 0) is 26.4 Å². The molecule has 0 fully saturated rings. The summed E-state index contributed by atoms with van der Waals surface area (Å²) in [4.78, 5) is 0. The maximum absolute atomic E-state index is 5.36. The first-order valence-electron chi connectivity index (χ1n) is 7.08. The third-order valence-corrected chi connectivity index (χ3v) is 3.41. The van der Waals surface area contributed by atoms with Crippen molar-refractivity contribution >= 4 is 0 Å². The molecule has 0 aliphatic heterocycles. The molecule has 0 saturated heterocycles. The number of hydrogen-bond donors (Lipinski definition) is 1. The van der Waals surface area contributed by atoms with Crippen LogP contribution in [-0.4, -0.2) is 23.4 Å². The molecule has 0 spiro atoms. The monoisotopic (exact) mass is 273 g/mol. The van der Waals surface area contributed by atoms with Crippen LogP contribution in [0.3, 0.4) is 0 Å². The molecule has 1 N–H and O–H groups in total. The third kappa shape index (κ3) is 3.61. The Morgan fingerprint density at radius 1 is 1.25 bits per heavy atom. The number of aromatic nitrogens is 2. The highest BCUT2D eigenvalue weighted by atomic mass is 16.5. The van der Waals surface area contributed by atoms with Gasteiger partial charge in [-0.3, -0.25) is 4.68 Å². The minimum Gasteiger partial charge on any atom is -0.496 e. The second-order valence-electron chi connectivity index (χ2n) is 4.87. The summed E-state index contributed by atoms with van der Waals surface area (Å²) in [7, 11) is 3.69. The normalized spacial score (nSPS) is 10.8. The Bertz CT molecular complexity index is 548. The van der Waals surface area contributed by atoms with E-state index in [0.29, 0.717) is 0 Å². The molecule has 1 heterocycles. The van der Waals surface area contributed by atoms with Crippen molar-refractivity contribution in [2.45, 2.75) is 26.3 Å². The fourth-order valence-electron chi connectivity index (χ4n) is 2.38. The predicted octanol–water partition coefficient (Wildman–Crippen LogP) is 2.32. The molecule has 0 unspecified atom stereocenters. The zero-order valence-electron chi connectivity index (χ0n) is 12.5. The van der Waals surface area contributed by atoms with E-state index in [2.05, 4.69) is 29.6 Å². The molecule has 0 amide bonds. The van der Waals surface area contributed by atoms with E-state index in [0.717, 1.165) is 31.7 Å². The summed E-state index contributed by atoms with van der Waals surface area (Å²) in [6.07, 6.45) is 4.03. The van der Waals surface area contributed by atoms with Crippen molar-refractivity contribution in [1.29, 1.82) is 0 Å². The Morgan fingerprint density at radius 3 is 2.80 bits per heavy atom. The second kappa shape index (κ2) is 7.10. The van der Waals surface area contributed by atoms with E-state index >= 15 is 0 Å². The number of hydrogen-bond acceptors (Lipinski definition) is 3. The fraction of sp³-hybridized carbons (Fsp3) is 0.438. The maximum Gasteiger partial charge on any atom is 0.122 e. The number of nitrogens with zero attached hydrogens (tertiary/aromatic N) is 2. The lowest BCUT2D eigenvalue weighted by molar-refractivity contribution is 0.409. The Labute approximate surface area is 120 Å². The van der Waals surface area contributed by atoms with Crippen molar-refractivity contribution in [3.8, 4) is 5.75 Å². The van der Waals surface area contributed by atoms with Gasteiger partial charge >= 0.3 is 0 Å². The molecule has 0 atom stereocenters. The largest absolute Gasteiger partial charge is 0.496 e. The van der Waals surface area contributed by atoms with Crippen molar-refractivity contribution < 1.29 is 4.74 Å². The SMILES string of the molecule is CCc1nn(C)cc1CNCCc1ccccc1OC. The van der Waals surface area contributed by atoms with Gasteiger partial charge in [-0.05, 0) is 31.0 Å². The standard InChI is InChI=1S/C16H23N3O/c1-4-15-14(12-19(2)18-15)11-17-10-9-13-7-5-6-8-16(13)20-3/h5-8,12,17H,4,9-11H2,1-3H3. The molecule has 2 rings (SSSR count). The first-order valence-corrected chi connectivity index (χ1v) is 7.08. The first-order chi connectivity index (χ1) is 9.74. The van der Waals surface area contributed by atoms with Gasteiger partial charge in [0.2, 0.25) is 0 Å². The molecule has 2 aromatic rings. The van der Waals surface area contributed by atoms with Gasteiger partial charge in [0.05, 0.1) is 12.8 Å². The summed E-state index contributed by atoms with van der Waals surface area (Å²) < 4.78 is 7.24. The van der Waals surface area contributed by atoms with Crippen LogP contribution >= 0.6 is 0 Å². The summed E-state index contributed by atoms with van der Waals surface area (Å²) in [5, 5.41) is 7.93. The van der Waals surface area contributed by atoms with E-state index in [1.54, 1.807) is 7.11 Å². The van der Waals surface area contributed by atoms with Crippen LogP contribution in [0.2, 0.25) is 0 Å². The number of ether oxygens (including phenoxy) is 1. The Balaban J connectivity index is 1.84. The number of para-hydroxylation sites is 1. The lowest BCUT2D eigenvalue weighted by atomic mass is 10.1. The molecule has 1 aromatic heterocycles. The Kier molecular flexibility index (Phi) is 5.18. The molecule has 4 nitrogen and oxygen atoms in total. The first kappa shape index (κ1) is 14.6. The van der Waals surface area contributed by atoms with E-state index in [1.807, 2.05) is 29.9 Å². The zero-order valence-corrected chi connectivity index (χ0v) is 12.5. The number of methoxy groups -OCH3 is 1. The van der Waals surface area contributed by atoms with Crippen LogP contribution in [0.1, 0.15) is 23.7 Å². The molecule has 0 radical (unpaired) electrons. The molecule has 108 valence electrons. The van der Waals surface area contributed by atoms with Gasteiger partial charge in [-0.15, -0.1) is 0 Å². The van der Waals surface area contributed by atoms with Crippen molar-refractivity contribution in [2.24, 2.45) is 7.05 Å². The van der Waals surface area contributed by atoms with E-state index < -0.39 is 0 Å². The van der Waals surface area contributed by atoms with Gasteiger partial charge in [0.25, 0.3) is 0 Å². The minimum absolute atomic E-state index is 0.867. The smallest absolute Gasteiger partial charge is 0.122 e. The number of rotatable bonds is 7. The van der Waals surface area contributed by atoms with Crippen LogP contribution in [0.15, 0.2) is 30.5 Å².